The molecule has 3 aliphatic heterocycles. The molecule has 23 heteroatoms. The summed E-state index contributed by atoms with van der Waals surface area (Å²) in [5.74, 6) is 0.0511. The van der Waals surface area contributed by atoms with E-state index in [2.05, 4.69) is 15.3 Å². The van der Waals surface area contributed by atoms with Crippen LogP contribution in [-0.4, -0.2) is 245 Å². The molecule has 368 valence electrons. The highest BCUT2D eigenvalue weighted by atomic mass is 32.2. The van der Waals surface area contributed by atoms with Gasteiger partial charge >= 0.3 is 0 Å². The maximum absolute atomic E-state index is 10.7. The van der Waals surface area contributed by atoms with Gasteiger partial charge in [-0.25, -0.2) is 0 Å². The van der Waals surface area contributed by atoms with Crippen molar-refractivity contribution in [1.29, 1.82) is 0 Å². The van der Waals surface area contributed by atoms with Crippen LogP contribution in [0.3, 0.4) is 0 Å². The number of methoxy groups -OCH3 is 12. The summed E-state index contributed by atoms with van der Waals surface area (Å²) in [6.07, 6.45) is -11.6. The van der Waals surface area contributed by atoms with Crippen molar-refractivity contribution in [1.82, 2.24) is 5.32 Å². The van der Waals surface area contributed by atoms with Crippen LogP contribution in [-0.2, 0) is 80.5 Å². The molecule has 3 heterocycles. The van der Waals surface area contributed by atoms with Crippen LogP contribution in [0.4, 0.5) is 0 Å². The fraction of sp³-hybridized carbons (Fsp3) is 1.00. The molecule has 63 heavy (non-hydrogen) atoms. The van der Waals surface area contributed by atoms with Gasteiger partial charge < -0.3 is 90.9 Å². The smallest absolute Gasteiger partial charge is 0.187 e. The average Bonchev–Trinajstić information content (AvgIpc) is 3.29. The summed E-state index contributed by atoms with van der Waals surface area (Å²) in [5, 5.41) is 18.1. The van der Waals surface area contributed by atoms with Gasteiger partial charge in [-0.05, 0) is 18.2 Å². The Bertz CT molecular complexity index is 1330. The summed E-state index contributed by atoms with van der Waals surface area (Å²) in [7, 11) is 18.9. The van der Waals surface area contributed by atoms with E-state index in [1.165, 1.54) is 14.2 Å². The Morgan fingerprint density at radius 1 is 0.540 bits per heavy atom. The predicted octanol–water partition coefficient (Wildman–Crippen LogP) is 0.634. The van der Waals surface area contributed by atoms with Gasteiger partial charge in [0.05, 0.1) is 44.2 Å². The molecule has 4 rings (SSSR count). The van der Waals surface area contributed by atoms with Crippen molar-refractivity contribution in [3.63, 3.8) is 0 Å². The quantitative estimate of drug-likeness (QED) is 0.0524. The first kappa shape index (κ1) is 54.5. The second-order valence-electron chi connectivity index (χ2n) is 15.7. The lowest BCUT2D eigenvalue weighted by Crippen LogP contribution is -2.72. The van der Waals surface area contributed by atoms with Crippen molar-refractivity contribution in [2.24, 2.45) is 17.0 Å². The van der Waals surface area contributed by atoms with Gasteiger partial charge in [0.25, 0.3) is 0 Å². The fourth-order valence-corrected chi connectivity index (χ4v) is 11.2. The Hall–Kier alpha value is -1.10. The van der Waals surface area contributed by atoms with E-state index in [9.17, 15) is 5.11 Å². The lowest BCUT2D eigenvalue weighted by molar-refractivity contribution is -0.381. The summed E-state index contributed by atoms with van der Waals surface area (Å²) >= 11 is 1.61. The number of aliphatic hydroxyl groups excluding tert-OH is 1. The van der Waals surface area contributed by atoms with Crippen molar-refractivity contribution in [2.75, 3.05) is 124 Å². The number of ether oxygens (including phenoxy) is 17. The monoisotopic (exact) mass is 930 g/mol. The molecule has 0 aromatic rings. The normalized spacial score (nSPS) is 42.2. The van der Waals surface area contributed by atoms with Gasteiger partial charge in [0.2, 0.25) is 0 Å². The molecule has 0 aromatic heterocycles. The molecule has 1 aliphatic carbocycles. The van der Waals surface area contributed by atoms with Crippen LogP contribution in [0.15, 0.2) is 5.11 Å². The standard InChI is InChI=1S/C40H74N4O18S/c1-20-25(43-26-31(51-7)27(49-5)21(16-45)22(17-46-2)37(26)63-15-14-42-44-41)30(50-6)34(54-10)39(58-20)61-29-24(19-48-4)60-40(36(56-12)33(29)53-9)62-28-23(18-47-3)59-38(57-13)35(55-11)32(28)52-8/h20-40,43,45H,14-19H2,1-13H3/t20?,21-,22?,23?,24?,25-,26-,27+,28-,29-,30+,31?,32+,33+,34?,35?,36?,37?,38?,39-,40-/m0/s1. The molecule has 4 aliphatic rings. The minimum absolute atomic E-state index is 0.0818. The molecular weight excluding hydrogens is 857 g/mol. The van der Waals surface area contributed by atoms with Gasteiger partial charge in [0, 0.05) is 127 Å². The van der Waals surface area contributed by atoms with Crippen LogP contribution in [0.1, 0.15) is 6.92 Å². The van der Waals surface area contributed by atoms with Crippen LogP contribution < -0.4 is 5.32 Å². The van der Waals surface area contributed by atoms with Gasteiger partial charge in [-0.1, -0.05) is 5.11 Å². The van der Waals surface area contributed by atoms with Gasteiger partial charge in [0.1, 0.15) is 61.0 Å². The largest absolute Gasteiger partial charge is 0.396 e. The number of nitrogens with zero attached hydrogens (tertiary/aromatic N) is 3. The van der Waals surface area contributed by atoms with E-state index in [0.29, 0.717) is 12.4 Å². The third-order valence-electron chi connectivity index (χ3n) is 12.6. The number of rotatable bonds is 26. The second-order valence-corrected chi connectivity index (χ2v) is 17.0. The van der Waals surface area contributed by atoms with Crippen LogP contribution in [0.25, 0.3) is 10.4 Å². The molecular formula is C40H74N4O18S. The molecule has 0 aromatic carbocycles. The Kier molecular flexibility index (Phi) is 23.9. The average molecular weight is 931 g/mol. The van der Waals surface area contributed by atoms with Gasteiger partial charge in [0.15, 0.2) is 18.9 Å². The van der Waals surface area contributed by atoms with Crippen LogP contribution in [0.5, 0.6) is 0 Å². The van der Waals surface area contributed by atoms with Gasteiger partial charge in [-0.15, -0.1) is 0 Å². The highest BCUT2D eigenvalue weighted by Crippen LogP contribution is 2.42. The fourth-order valence-electron chi connectivity index (χ4n) is 9.73. The Morgan fingerprint density at radius 2 is 1.00 bits per heavy atom. The van der Waals surface area contributed by atoms with E-state index in [-0.39, 0.29) is 49.5 Å². The summed E-state index contributed by atoms with van der Waals surface area (Å²) in [5.41, 5.74) is 8.98. The topological polar surface area (TPSA) is 238 Å². The molecule has 21 atom stereocenters. The van der Waals surface area contributed by atoms with Crippen molar-refractivity contribution < 1.29 is 85.6 Å². The zero-order valence-corrected chi connectivity index (χ0v) is 39.8. The molecule has 4 fully saturated rings. The first-order chi connectivity index (χ1) is 30.6. The van der Waals surface area contributed by atoms with Crippen LogP contribution in [0.2, 0.25) is 0 Å². The Morgan fingerprint density at radius 3 is 1.46 bits per heavy atom. The van der Waals surface area contributed by atoms with E-state index in [1.54, 1.807) is 82.9 Å². The summed E-state index contributed by atoms with van der Waals surface area (Å²) in [6, 6.07) is -0.859. The number of nitrogens with one attached hydrogen (secondary N) is 1. The van der Waals surface area contributed by atoms with Gasteiger partial charge in [-0.3, -0.25) is 0 Å². The number of azide groups is 1. The van der Waals surface area contributed by atoms with Crippen LogP contribution in [0, 0.1) is 11.8 Å². The minimum Gasteiger partial charge on any atom is -0.396 e. The number of hydrogen-bond acceptors (Lipinski definition) is 21. The molecule has 1 saturated carbocycles. The maximum atomic E-state index is 10.7. The first-order valence-corrected chi connectivity index (χ1v) is 22.1. The van der Waals surface area contributed by atoms with Gasteiger partial charge in [-0.2, -0.15) is 11.8 Å². The highest BCUT2D eigenvalue weighted by Gasteiger charge is 2.57. The third-order valence-corrected chi connectivity index (χ3v) is 14.0. The number of aliphatic hydroxyl groups is 1. The summed E-state index contributed by atoms with van der Waals surface area (Å²) in [4.78, 5) is 2.93. The van der Waals surface area contributed by atoms with Crippen LogP contribution >= 0.6 is 11.8 Å². The summed E-state index contributed by atoms with van der Waals surface area (Å²) in [6.45, 7) is 2.65. The molecule has 0 amide bonds. The molecule has 0 bridgehead atoms. The lowest BCUT2D eigenvalue weighted by Gasteiger charge is -2.53. The molecule has 0 spiro atoms. The first-order valence-electron chi connectivity index (χ1n) is 21.1. The van der Waals surface area contributed by atoms with E-state index < -0.39 is 104 Å². The van der Waals surface area contributed by atoms with E-state index in [0.717, 1.165) is 0 Å². The number of thioether (sulfide) groups is 1. The van der Waals surface area contributed by atoms with Crippen molar-refractivity contribution in [3.05, 3.63) is 10.4 Å². The molecule has 2 N–H and O–H groups in total. The van der Waals surface area contributed by atoms with Crippen molar-refractivity contribution >= 4 is 11.8 Å². The molecule has 0 radical (unpaired) electrons. The summed E-state index contributed by atoms with van der Waals surface area (Å²) < 4.78 is 104. The van der Waals surface area contributed by atoms with E-state index >= 15 is 0 Å². The van der Waals surface area contributed by atoms with E-state index in [1.807, 2.05) is 6.92 Å². The SMILES string of the molecule is COCC1C(SCCN=[N+]=[N-])[C@@H](N[C@H]2C(C)O[C@@H](O[C@H]3C(COC)O[C@@H](O[C@H]4C(COC)OC(OC)C(OC)[C@@H]4OC)C(OC)[C@@H]3OC)C(OC)[C@@H]2OC)C(OC)[C@H](OC)[C@H]1CO. The zero-order valence-electron chi connectivity index (χ0n) is 39.0. The van der Waals surface area contributed by atoms with Crippen molar-refractivity contribution in [2.45, 2.75) is 122 Å². The predicted molar refractivity (Wildman–Crippen MR) is 225 cm³/mol. The lowest BCUT2D eigenvalue weighted by atomic mass is 9.72. The van der Waals surface area contributed by atoms with Crippen molar-refractivity contribution in [3.8, 4) is 0 Å². The Labute approximate surface area is 375 Å². The zero-order chi connectivity index (χ0) is 46.2. The minimum atomic E-state index is -1.03. The Balaban J connectivity index is 1.64. The molecule has 3 saturated heterocycles. The highest BCUT2D eigenvalue weighted by molar-refractivity contribution is 8.00. The second kappa shape index (κ2) is 27.6. The third kappa shape index (κ3) is 12.5. The maximum Gasteiger partial charge on any atom is 0.187 e. The molecule has 22 nitrogen and oxygen atoms in total. The van der Waals surface area contributed by atoms with E-state index in [4.69, 9.17) is 86.1 Å². The number of hydrogen-bond donors (Lipinski definition) is 2. The molecule has 10 unspecified atom stereocenters.